The van der Waals surface area contributed by atoms with Gasteiger partial charge in [0.15, 0.2) is 0 Å². The van der Waals surface area contributed by atoms with Crippen LogP contribution in [0.15, 0.2) is 53.3 Å². The lowest BCUT2D eigenvalue weighted by Crippen LogP contribution is -2.31. The molecule has 1 unspecified atom stereocenters. The molecular weight excluding hydrogens is 322 g/mol. The highest BCUT2D eigenvalue weighted by atomic mass is 16.1. The largest absolute Gasteiger partial charge is 0.308 e. The van der Waals surface area contributed by atoms with E-state index in [-0.39, 0.29) is 11.6 Å². The van der Waals surface area contributed by atoms with E-state index < -0.39 is 0 Å². The number of nitrogens with zero attached hydrogens (tertiary/aromatic N) is 2. The van der Waals surface area contributed by atoms with Crippen LogP contribution in [0.1, 0.15) is 44.6 Å². The Hall–Kier alpha value is -2.46. The van der Waals surface area contributed by atoms with Crippen LogP contribution >= 0.6 is 0 Å². The van der Waals surface area contributed by atoms with Crippen molar-refractivity contribution in [3.63, 3.8) is 0 Å². The van der Waals surface area contributed by atoms with E-state index in [2.05, 4.69) is 26.1 Å². The van der Waals surface area contributed by atoms with Gasteiger partial charge < -0.3 is 5.32 Å². The van der Waals surface area contributed by atoms with E-state index in [1.807, 2.05) is 55.5 Å². The molecule has 0 bridgehead atoms. The Balaban J connectivity index is 2.13. The number of benzene rings is 2. The minimum atomic E-state index is -0.0217. The first-order chi connectivity index (χ1) is 12.5. The standard InChI is InChI=1S/C22H27N3O/c1-15(2)12-13-23-17(4)21-24-20-11-6-5-10-19(20)22(26)25(21)18-9-7-8-16(3)14-18/h5-11,14-15,17,23H,12-13H2,1-4H3. The maximum Gasteiger partial charge on any atom is 0.266 e. The molecule has 1 aromatic heterocycles. The quantitative estimate of drug-likeness (QED) is 0.718. The second kappa shape index (κ2) is 7.83. The number of hydrogen-bond donors (Lipinski definition) is 1. The van der Waals surface area contributed by atoms with Crippen LogP contribution in [0.5, 0.6) is 0 Å². The predicted octanol–water partition coefficient (Wildman–Crippen LogP) is 4.39. The Labute approximate surface area is 154 Å². The number of aromatic nitrogens is 2. The number of hydrogen-bond acceptors (Lipinski definition) is 3. The van der Waals surface area contributed by atoms with Crippen LogP contribution in [-0.2, 0) is 0 Å². The summed E-state index contributed by atoms with van der Waals surface area (Å²) >= 11 is 0. The summed E-state index contributed by atoms with van der Waals surface area (Å²) in [5.74, 6) is 1.39. The van der Waals surface area contributed by atoms with Crippen LogP contribution in [0.3, 0.4) is 0 Å². The van der Waals surface area contributed by atoms with Gasteiger partial charge in [0.25, 0.3) is 5.56 Å². The van der Waals surface area contributed by atoms with Gasteiger partial charge in [-0.3, -0.25) is 9.36 Å². The average Bonchev–Trinajstić information content (AvgIpc) is 2.61. The second-order valence-electron chi connectivity index (χ2n) is 7.33. The molecule has 3 rings (SSSR count). The van der Waals surface area contributed by atoms with E-state index in [1.54, 1.807) is 4.57 Å². The summed E-state index contributed by atoms with van der Waals surface area (Å²) in [5.41, 5.74) is 2.71. The first-order valence-electron chi connectivity index (χ1n) is 9.29. The van der Waals surface area contributed by atoms with Crippen LogP contribution in [0.25, 0.3) is 16.6 Å². The predicted molar refractivity (Wildman–Crippen MR) is 108 cm³/mol. The fraction of sp³-hybridized carbons (Fsp3) is 0.364. The van der Waals surface area contributed by atoms with Crippen molar-refractivity contribution in [2.45, 2.75) is 40.2 Å². The lowest BCUT2D eigenvalue weighted by molar-refractivity contribution is 0.479. The fourth-order valence-corrected chi connectivity index (χ4v) is 3.14. The van der Waals surface area contributed by atoms with Crippen molar-refractivity contribution in [1.82, 2.24) is 14.9 Å². The van der Waals surface area contributed by atoms with Gasteiger partial charge in [0, 0.05) is 0 Å². The Morgan fingerprint density at radius 1 is 1.08 bits per heavy atom. The number of rotatable bonds is 6. The highest BCUT2D eigenvalue weighted by Crippen LogP contribution is 2.19. The van der Waals surface area contributed by atoms with E-state index in [0.29, 0.717) is 11.3 Å². The topological polar surface area (TPSA) is 46.9 Å². The zero-order chi connectivity index (χ0) is 18.7. The minimum absolute atomic E-state index is 0.0197. The Morgan fingerprint density at radius 3 is 2.58 bits per heavy atom. The van der Waals surface area contributed by atoms with Gasteiger partial charge in [-0.2, -0.15) is 0 Å². The van der Waals surface area contributed by atoms with E-state index in [9.17, 15) is 4.79 Å². The van der Waals surface area contributed by atoms with Gasteiger partial charge in [-0.25, -0.2) is 4.98 Å². The van der Waals surface area contributed by atoms with Crippen LogP contribution in [0.4, 0.5) is 0 Å². The molecule has 4 heteroatoms. The third-order valence-corrected chi connectivity index (χ3v) is 4.62. The molecule has 1 N–H and O–H groups in total. The molecule has 26 heavy (non-hydrogen) atoms. The van der Waals surface area contributed by atoms with Crippen molar-refractivity contribution < 1.29 is 0 Å². The smallest absolute Gasteiger partial charge is 0.266 e. The molecular formula is C22H27N3O. The van der Waals surface area contributed by atoms with Crippen molar-refractivity contribution in [1.29, 1.82) is 0 Å². The fourth-order valence-electron chi connectivity index (χ4n) is 3.14. The molecule has 0 saturated heterocycles. The van der Waals surface area contributed by atoms with E-state index in [1.165, 1.54) is 0 Å². The SMILES string of the molecule is Cc1cccc(-n2c(C(C)NCCC(C)C)nc3ccccc3c2=O)c1. The van der Waals surface area contributed by atoms with Gasteiger partial charge in [0.1, 0.15) is 5.82 Å². The average molecular weight is 349 g/mol. The maximum atomic E-state index is 13.2. The minimum Gasteiger partial charge on any atom is -0.308 e. The van der Waals surface area contributed by atoms with Gasteiger partial charge in [-0.15, -0.1) is 0 Å². The van der Waals surface area contributed by atoms with Crippen molar-refractivity contribution in [3.8, 4) is 5.69 Å². The highest BCUT2D eigenvalue weighted by Gasteiger charge is 2.17. The molecule has 0 radical (unpaired) electrons. The molecule has 1 heterocycles. The van der Waals surface area contributed by atoms with Crippen LogP contribution < -0.4 is 10.9 Å². The number of aryl methyl sites for hydroxylation is 1. The first-order valence-corrected chi connectivity index (χ1v) is 9.29. The van der Waals surface area contributed by atoms with Gasteiger partial charge in [0.2, 0.25) is 0 Å². The zero-order valence-electron chi connectivity index (χ0n) is 16.0. The summed E-state index contributed by atoms with van der Waals surface area (Å²) in [6, 6.07) is 15.5. The third-order valence-electron chi connectivity index (χ3n) is 4.62. The summed E-state index contributed by atoms with van der Waals surface area (Å²) in [5, 5.41) is 4.17. The molecule has 4 nitrogen and oxygen atoms in total. The van der Waals surface area contributed by atoms with E-state index in [0.717, 1.165) is 35.6 Å². The molecule has 0 amide bonds. The molecule has 3 aromatic rings. The summed E-state index contributed by atoms with van der Waals surface area (Å²) in [7, 11) is 0. The number of nitrogens with one attached hydrogen (secondary N) is 1. The van der Waals surface area contributed by atoms with Crippen molar-refractivity contribution in [3.05, 3.63) is 70.3 Å². The summed E-state index contributed by atoms with van der Waals surface area (Å²) in [4.78, 5) is 18.1. The molecule has 0 saturated carbocycles. The summed E-state index contributed by atoms with van der Waals surface area (Å²) in [6.45, 7) is 9.43. The number of fused-ring (bicyclic) bond motifs is 1. The number of para-hydroxylation sites is 1. The van der Waals surface area contributed by atoms with Gasteiger partial charge >= 0.3 is 0 Å². The molecule has 0 aliphatic heterocycles. The van der Waals surface area contributed by atoms with Gasteiger partial charge in [-0.05, 0) is 62.6 Å². The maximum absolute atomic E-state index is 13.2. The zero-order valence-corrected chi connectivity index (χ0v) is 16.0. The third kappa shape index (κ3) is 3.86. The van der Waals surface area contributed by atoms with Crippen molar-refractivity contribution in [2.24, 2.45) is 5.92 Å². The van der Waals surface area contributed by atoms with Gasteiger partial charge in [0.05, 0.1) is 22.6 Å². The van der Waals surface area contributed by atoms with Gasteiger partial charge in [-0.1, -0.05) is 38.1 Å². The van der Waals surface area contributed by atoms with Crippen LogP contribution in [0.2, 0.25) is 0 Å². The molecule has 0 fully saturated rings. The molecule has 0 aliphatic carbocycles. The Bertz CT molecular complexity index is 959. The summed E-state index contributed by atoms with van der Waals surface area (Å²) < 4.78 is 1.75. The molecule has 0 spiro atoms. The first kappa shape index (κ1) is 18.3. The lowest BCUT2D eigenvalue weighted by atomic mass is 10.1. The van der Waals surface area contributed by atoms with E-state index >= 15 is 0 Å². The molecule has 0 aliphatic rings. The van der Waals surface area contributed by atoms with Crippen LogP contribution in [-0.4, -0.2) is 16.1 Å². The highest BCUT2D eigenvalue weighted by molar-refractivity contribution is 5.77. The van der Waals surface area contributed by atoms with Crippen LogP contribution in [0, 0.1) is 12.8 Å². The van der Waals surface area contributed by atoms with Crippen molar-refractivity contribution in [2.75, 3.05) is 6.54 Å². The van der Waals surface area contributed by atoms with Crippen molar-refractivity contribution >= 4 is 10.9 Å². The molecule has 136 valence electrons. The lowest BCUT2D eigenvalue weighted by Gasteiger charge is -2.20. The second-order valence-corrected chi connectivity index (χ2v) is 7.33. The normalized spacial score (nSPS) is 12.7. The Kier molecular flexibility index (Phi) is 5.52. The molecule has 2 aromatic carbocycles. The van der Waals surface area contributed by atoms with E-state index in [4.69, 9.17) is 4.98 Å². The summed E-state index contributed by atoms with van der Waals surface area (Å²) in [6.07, 6.45) is 1.09. The molecule has 1 atom stereocenters. The monoisotopic (exact) mass is 349 g/mol. The Morgan fingerprint density at radius 2 is 1.85 bits per heavy atom.